The van der Waals surface area contributed by atoms with Gasteiger partial charge in [0.2, 0.25) is 11.8 Å². The molecule has 1 saturated heterocycles. The van der Waals surface area contributed by atoms with Gasteiger partial charge in [0.05, 0.1) is 5.92 Å². The lowest BCUT2D eigenvalue weighted by Gasteiger charge is -2.43. The van der Waals surface area contributed by atoms with Crippen molar-refractivity contribution in [3.8, 4) is 0 Å². The minimum Gasteiger partial charge on any atom is -0.370 e. The van der Waals surface area contributed by atoms with E-state index in [4.69, 9.17) is 5.73 Å². The van der Waals surface area contributed by atoms with Crippen LogP contribution in [0.1, 0.15) is 70.3 Å². The maximum atomic E-state index is 13.9. The second-order valence-corrected chi connectivity index (χ2v) is 9.71. The molecule has 1 aromatic rings. The molecule has 3 aliphatic rings. The number of hydrogen-bond acceptors (Lipinski definition) is 3. The second-order valence-electron chi connectivity index (χ2n) is 9.71. The van der Waals surface area contributed by atoms with Crippen LogP contribution in [0.15, 0.2) is 18.2 Å². The van der Waals surface area contributed by atoms with Gasteiger partial charge < -0.3 is 15.5 Å². The zero-order chi connectivity index (χ0) is 21.4. The van der Waals surface area contributed by atoms with Gasteiger partial charge in [-0.1, -0.05) is 13.8 Å². The fourth-order valence-electron chi connectivity index (χ4n) is 5.86. The van der Waals surface area contributed by atoms with Crippen LogP contribution >= 0.6 is 0 Å². The number of fused-ring (bicyclic) bond motifs is 1. The maximum Gasteiger partial charge on any atom is 0.235 e. The van der Waals surface area contributed by atoms with Gasteiger partial charge in [0, 0.05) is 37.3 Å². The minimum absolute atomic E-state index is 0.0658. The summed E-state index contributed by atoms with van der Waals surface area (Å²) in [6.45, 7) is 6.64. The lowest BCUT2D eigenvalue weighted by atomic mass is 9.79. The molecule has 2 fully saturated rings. The average Bonchev–Trinajstić information content (AvgIpc) is 2.99. The number of halogens is 1. The number of likely N-dealkylation sites (tertiary alicyclic amines) is 1. The first-order chi connectivity index (χ1) is 14.3. The van der Waals surface area contributed by atoms with Crippen LogP contribution in [0, 0.1) is 17.7 Å². The van der Waals surface area contributed by atoms with Crippen molar-refractivity contribution in [1.82, 2.24) is 4.90 Å². The molecule has 1 unspecified atom stereocenters. The summed E-state index contributed by atoms with van der Waals surface area (Å²) in [7, 11) is 0. The third-order valence-corrected chi connectivity index (χ3v) is 7.63. The number of benzene rings is 1. The third kappa shape index (κ3) is 4.11. The molecule has 164 valence electrons. The van der Waals surface area contributed by atoms with Crippen molar-refractivity contribution in [2.45, 2.75) is 76.8 Å². The van der Waals surface area contributed by atoms with Gasteiger partial charge in [0.25, 0.3) is 0 Å². The fourth-order valence-corrected chi connectivity index (χ4v) is 5.86. The number of primary amides is 1. The zero-order valence-corrected chi connectivity index (χ0v) is 18.1. The van der Waals surface area contributed by atoms with Crippen molar-refractivity contribution in [3.05, 3.63) is 29.6 Å². The summed E-state index contributed by atoms with van der Waals surface area (Å²) in [5, 5.41) is 0. The quantitative estimate of drug-likeness (QED) is 0.795. The van der Waals surface area contributed by atoms with Gasteiger partial charge in [0.1, 0.15) is 5.82 Å². The highest BCUT2D eigenvalue weighted by molar-refractivity contribution is 6.07. The van der Waals surface area contributed by atoms with Gasteiger partial charge in [0.15, 0.2) is 0 Å². The van der Waals surface area contributed by atoms with Crippen molar-refractivity contribution >= 4 is 17.5 Å². The summed E-state index contributed by atoms with van der Waals surface area (Å²) < 4.78 is 13.9. The number of anilines is 1. The minimum atomic E-state index is -0.655. The van der Waals surface area contributed by atoms with Gasteiger partial charge in [-0.3, -0.25) is 9.59 Å². The Morgan fingerprint density at radius 3 is 2.37 bits per heavy atom. The van der Waals surface area contributed by atoms with Crippen molar-refractivity contribution in [1.29, 1.82) is 0 Å². The van der Waals surface area contributed by atoms with Crippen LogP contribution in [0.25, 0.3) is 0 Å². The number of hydrogen-bond donors (Lipinski definition) is 1. The van der Waals surface area contributed by atoms with E-state index in [-0.39, 0.29) is 24.2 Å². The van der Waals surface area contributed by atoms with Gasteiger partial charge >= 0.3 is 0 Å². The Kier molecular flexibility index (Phi) is 6.14. The lowest BCUT2D eigenvalue weighted by Crippen LogP contribution is -2.50. The molecule has 1 aromatic carbocycles. The third-order valence-electron chi connectivity index (χ3n) is 7.63. The molecular formula is C24H34FN3O2. The summed E-state index contributed by atoms with van der Waals surface area (Å²) in [5.41, 5.74) is 6.73. The summed E-state index contributed by atoms with van der Waals surface area (Å²) in [6, 6.07) is 5.24. The highest BCUT2D eigenvalue weighted by Gasteiger charge is 2.43. The standard InChI is InChI=1S/C24H34FN3O2/c1-15(2)16-3-6-18(7-4-16)27-11-9-19(10-12-27)28-22-8-5-17(25)13-20(22)21(24(28)30)14-23(26)29/h5,8,13,15-16,18-19,21H,3-4,6-7,9-12,14H2,1-2H3,(H2,26,29). The molecule has 30 heavy (non-hydrogen) atoms. The molecule has 2 N–H and O–H groups in total. The van der Waals surface area contributed by atoms with E-state index in [9.17, 15) is 14.0 Å². The second kappa shape index (κ2) is 8.66. The van der Waals surface area contributed by atoms with E-state index in [0.29, 0.717) is 11.6 Å². The van der Waals surface area contributed by atoms with Crippen LogP contribution in [0.2, 0.25) is 0 Å². The Bertz CT molecular complexity index is 796. The van der Waals surface area contributed by atoms with Gasteiger partial charge in [-0.15, -0.1) is 0 Å². The molecule has 4 rings (SSSR count). The van der Waals surface area contributed by atoms with Crippen LogP contribution in [-0.2, 0) is 9.59 Å². The number of amides is 2. The first-order valence-corrected chi connectivity index (χ1v) is 11.5. The molecule has 6 heteroatoms. The number of carbonyl (C=O) groups excluding carboxylic acids is 2. The number of rotatable bonds is 5. The van der Waals surface area contributed by atoms with E-state index in [1.54, 1.807) is 6.07 Å². The van der Waals surface area contributed by atoms with Crippen molar-refractivity contribution in [2.24, 2.45) is 17.6 Å². The Morgan fingerprint density at radius 1 is 1.10 bits per heavy atom. The Morgan fingerprint density at radius 2 is 1.77 bits per heavy atom. The van der Waals surface area contributed by atoms with Crippen molar-refractivity contribution < 1.29 is 14.0 Å². The largest absolute Gasteiger partial charge is 0.370 e. The molecule has 2 aliphatic heterocycles. The van der Waals surface area contributed by atoms with Crippen LogP contribution in [-0.4, -0.2) is 41.9 Å². The normalized spacial score (nSPS) is 28.2. The fraction of sp³-hybridized carbons (Fsp3) is 0.667. The summed E-state index contributed by atoms with van der Waals surface area (Å²) in [4.78, 5) is 29.1. The molecular weight excluding hydrogens is 381 g/mol. The Labute approximate surface area is 178 Å². The van der Waals surface area contributed by atoms with Crippen molar-refractivity contribution in [3.63, 3.8) is 0 Å². The maximum absolute atomic E-state index is 13.9. The SMILES string of the molecule is CC(C)C1CCC(N2CCC(N3C(=O)C(CC(N)=O)c4cc(F)ccc43)CC2)CC1. The number of piperidine rings is 1. The van der Waals surface area contributed by atoms with E-state index >= 15 is 0 Å². The lowest BCUT2D eigenvalue weighted by molar-refractivity contribution is -0.124. The van der Waals surface area contributed by atoms with Crippen molar-refractivity contribution in [2.75, 3.05) is 18.0 Å². The molecule has 5 nitrogen and oxygen atoms in total. The van der Waals surface area contributed by atoms with Gasteiger partial charge in [-0.25, -0.2) is 4.39 Å². The smallest absolute Gasteiger partial charge is 0.235 e. The van der Waals surface area contributed by atoms with Gasteiger partial charge in [-0.2, -0.15) is 0 Å². The topological polar surface area (TPSA) is 66.6 Å². The summed E-state index contributed by atoms with van der Waals surface area (Å²) >= 11 is 0. The molecule has 0 spiro atoms. The molecule has 2 amide bonds. The molecule has 0 aromatic heterocycles. The summed E-state index contributed by atoms with van der Waals surface area (Å²) in [5.74, 6) is -0.0408. The molecule has 0 radical (unpaired) electrons. The van der Waals surface area contributed by atoms with E-state index in [2.05, 4.69) is 18.7 Å². The van der Waals surface area contributed by atoms with E-state index in [1.165, 1.54) is 37.8 Å². The van der Waals surface area contributed by atoms with Crippen LogP contribution in [0.5, 0.6) is 0 Å². The number of carbonyl (C=O) groups is 2. The molecule has 0 bridgehead atoms. The Balaban J connectivity index is 1.42. The average molecular weight is 416 g/mol. The molecule has 1 saturated carbocycles. The van der Waals surface area contributed by atoms with E-state index in [0.717, 1.165) is 43.5 Å². The first-order valence-electron chi connectivity index (χ1n) is 11.5. The molecule has 1 atom stereocenters. The van der Waals surface area contributed by atoms with Crippen LogP contribution < -0.4 is 10.6 Å². The monoisotopic (exact) mass is 415 g/mol. The number of nitrogens with two attached hydrogens (primary N) is 1. The predicted molar refractivity (Wildman–Crippen MR) is 116 cm³/mol. The van der Waals surface area contributed by atoms with E-state index in [1.807, 2.05) is 4.90 Å². The highest BCUT2D eigenvalue weighted by atomic mass is 19.1. The predicted octanol–water partition coefficient (Wildman–Crippen LogP) is 3.81. The zero-order valence-electron chi connectivity index (χ0n) is 18.1. The van der Waals surface area contributed by atoms with E-state index < -0.39 is 11.8 Å². The summed E-state index contributed by atoms with van der Waals surface area (Å²) in [6.07, 6.45) is 6.95. The van der Waals surface area contributed by atoms with Gasteiger partial charge in [-0.05, 0) is 74.1 Å². The molecule has 2 heterocycles. The highest BCUT2D eigenvalue weighted by Crippen LogP contribution is 2.42. The first kappa shape index (κ1) is 21.3. The van der Waals surface area contributed by atoms with Crippen LogP contribution in [0.4, 0.5) is 10.1 Å². The Hall–Kier alpha value is -1.95. The van der Waals surface area contributed by atoms with Crippen LogP contribution in [0.3, 0.4) is 0 Å². The molecule has 1 aliphatic carbocycles. The number of nitrogens with zero attached hydrogens (tertiary/aromatic N) is 2.